The van der Waals surface area contributed by atoms with Crippen molar-refractivity contribution >= 4 is 11.7 Å². The van der Waals surface area contributed by atoms with Gasteiger partial charge in [0.25, 0.3) is 5.78 Å². The number of rotatable bonds is 6. The summed E-state index contributed by atoms with van der Waals surface area (Å²) in [4.78, 5) is 25.9. The molecule has 1 fully saturated rings. The highest BCUT2D eigenvalue weighted by Gasteiger charge is 2.21. The van der Waals surface area contributed by atoms with Gasteiger partial charge in [-0.2, -0.15) is 10.1 Å². The first-order chi connectivity index (χ1) is 14.1. The van der Waals surface area contributed by atoms with E-state index in [4.69, 9.17) is 0 Å². The zero-order valence-electron chi connectivity index (χ0n) is 17.2. The number of nitrogens with zero attached hydrogens (tertiary/aromatic N) is 6. The fraction of sp³-hybridized carbons (Fsp3) is 0.455. The molecule has 1 aromatic carbocycles. The predicted octanol–water partition coefficient (Wildman–Crippen LogP) is 2.06. The van der Waals surface area contributed by atoms with E-state index in [0.29, 0.717) is 18.6 Å². The third kappa shape index (κ3) is 4.45. The molecule has 29 heavy (non-hydrogen) atoms. The van der Waals surface area contributed by atoms with Crippen LogP contribution in [0.25, 0.3) is 5.78 Å². The first kappa shape index (κ1) is 19.5. The number of piperazine rings is 1. The van der Waals surface area contributed by atoms with Crippen LogP contribution >= 0.6 is 0 Å². The molecular formula is C22H28N6O. The van der Waals surface area contributed by atoms with Crippen LogP contribution in [0.5, 0.6) is 0 Å². The monoisotopic (exact) mass is 392 g/mol. The summed E-state index contributed by atoms with van der Waals surface area (Å²) < 4.78 is 1.75. The third-order valence-electron chi connectivity index (χ3n) is 5.86. The molecule has 1 amide bonds. The predicted molar refractivity (Wildman–Crippen MR) is 112 cm³/mol. The van der Waals surface area contributed by atoms with Crippen molar-refractivity contribution in [3.05, 3.63) is 59.2 Å². The molecule has 0 radical (unpaired) electrons. The van der Waals surface area contributed by atoms with E-state index < -0.39 is 0 Å². The Balaban J connectivity index is 1.27. The average Bonchev–Trinajstić information content (AvgIpc) is 3.21. The summed E-state index contributed by atoms with van der Waals surface area (Å²) in [6.07, 6.45) is 3.77. The Morgan fingerprint density at radius 1 is 1.03 bits per heavy atom. The lowest BCUT2D eigenvalue weighted by atomic mass is 10.1. The average molecular weight is 393 g/mol. The summed E-state index contributed by atoms with van der Waals surface area (Å²) in [6, 6.07) is 10.6. The van der Waals surface area contributed by atoms with Crippen LogP contribution in [-0.4, -0.2) is 68.0 Å². The van der Waals surface area contributed by atoms with E-state index in [9.17, 15) is 4.79 Å². The maximum atomic E-state index is 12.7. The lowest BCUT2D eigenvalue weighted by Gasteiger charge is -2.35. The largest absolute Gasteiger partial charge is 0.340 e. The molecule has 1 aliphatic heterocycles. The summed E-state index contributed by atoms with van der Waals surface area (Å²) in [5.74, 6) is 0.840. The standard InChI is InChI=1S/C22H28N6O/c1-17-20(18(2)28-22(25-17)23-16-24-28)8-9-21(29)27-14-12-26(13-15-27)11-10-19-6-4-3-5-7-19/h3-7,16H,8-15H2,1-2H3. The molecule has 2 aromatic heterocycles. The van der Waals surface area contributed by atoms with Gasteiger partial charge in [0, 0.05) is 50.5 Å². The molecule has 0 N–H and O–H groups in total. The smallest absolute Gasteiger partial charge is 0.252 e. The van der Waals surface area contributed by atoms with Crippen LogP contribution in [0.4, 0.5) is 0 Å². The number of carbonyl (C=O) groups is 1. The van der Waals surface area contributed by atoms with Gasteiger partial charge in [-0.25, -0.2) is 9.50 Å². The first-order valence-electron chi connectivity index (χ1n) is 10.3. The summed E-state index contributed by atoms with van der Waals surface area (Å²) >= 11 is 0. The second-order valence-corrected chi connectivity index (χ2v) is 7.69. The Bertz CT molecular complexity index is 976. The fourth-order valence-corrected chi connectivity index (χ4v) is 4.06. The Morgan fingerprint density at radius 2 is 1.79 bits per heavy atom. The second kappa shape index (κ2) is 8.69. The lowest BCUT2D eigenvalue weighted by molar-refractivity contribution is -0.132. The van der Waals surface area contributed by atoms with Crippen molar-refractivity contribution in [2.75, 3.05) is 32.7 Å². The second-order valence-electron chi connectivity index (χ2n) is 7.69. The van der Waals surface area contributed by atoms with E-state index in [1.54, 1.807) is 4.52 Å². The molecular weight excluding hydrogens is 364 g/mol. The molecule has 0 saturated carbocycles. The molecule has 7 heteroatoms. The minimum atomic E-state index is 0.227. The number of fused-ring (bicyclic) bond motifs is 1. The molecule has 0 bridgehead atoms. The molecule has 0 unspecified atom stereocenters. The fourth-order valence-electron chi connectivity index (χ4n) is 4.06. The molecule has 7 nitrogen and oxygen atoms in total. The number of hydrogen-bond acceptors (Lipinski definition) is 5. The Hall–Kier alpha value is -2.80. The van der Waals surface area contributed by atoms with Crippen molar-refractivity contribution in [1.29, 1.82) is 0 Å². The van der Waals surface area contributed by atoms with Gasteiger partial charge in [0.05, 0.1) is 0 Å². The van der Waals surface area contributed by atoms with Gasteiger partial charge in [-0.3, -0.25) is 9.69 Å². The first-order valence-corrected chi connectivity index (χ1v) is 10.3. The zero-order chi connectivity index (χ0) is 20.2. The minimum Gasteiger partial charge on any atom is -0.340 e. The SMILES string of the molecule is Cc1nc2ncnn2c(C)c1CCC(=O)N1CCN(CCc2ccccc2)CC1. The van der Waals surface area contributed by atoms with Gasteiger partial charge >= 0.3 is 0 Å². The normalized spacial score (nSPS) is 15.2. The highest BCUT2D eigenvalue weighted by Crippen LogP contribution is 2.16. The molecule has 1 aliphatic rings. The summed E-state index contributed by atoms with van der Waals surface area (Å²) in [5, 5.41) is 4.23. The molecule has 4 rings (SSSR count). The number of carbonyl (C=O) groups excluding carboxylic acids is 1. The molecule has 3 aromatic rings. The molecule has 152 valence electrons. The quantitative estimate of drug-likeness (QED) is 0.642. The van der Waals surface area contributed by atoms with Crippen LogP contribution in [0.1, 0.15) is 28.9 Å². The maximum Gasteiger partial charge on any atom is 0.252 e. The van der Waals surface area contributed by atoms with Crippen LogP contribution in [-0.2, 0) is 17.6 Å². The number of aromatic nitrogens is 4. The van der Waals surface area contributed by atoms with Crippen molar-refractivity contribution in [2.24, 2.45) is 0 Å². The van der Waals surface area contributed by atoms with E-state index in [0.717, 1.165) is 56.1 Å². The summed E-state index contributed by atoms with van der Waals surface area (Å²) in [5.41, 5.74) is 4.41. The number of aryl methyl sites for hydroxylation is 2. The summed E-state index contributed by atoms with van der Waals surface area (Å²) in [7, 11) is 0. The van der Waals surface area contributed by atoms with E-state index in [1.807, 2.05) is 18.7 Å². The minimum absolute atomic E-state index is 0.227. The van der Waals surface area contributed by atoms with Gasteiger partial charge in [-0.05, 0) is 37.8 Å². The molecule has 0 aliphatic carbocycles. The molecule has 0 atom stereocenters. The topological polar surface area (TPSA) is 66.6 Å². The number of hydrogen-bond donors (Lipinski definition) is 0. The Kier molecular flexibility index (Phi) is 5.85. The number of benzene rings is 1. The highest BCUT2D eigenvalue weighted by atomic mass is 16.2. The highest BCUT2D eigenvalue weighted by molar-refractivity contribution is 5.76. The summed E-state index contributed by atoms with van der Waals surface area (Å²) in [6.45, 7) is 8.56. The maximum absolute atomic E-state index is 12.7. The van der Waals surface area contributed by atoms with Gasteiger partial charge < -0.3 is 4.90 Å². The Labute approximate surface area is 171 Å². The third-order valence-corrected chi connectivity index (χ3v) is 5.86. The van der Waals surface area contributed by atoms with E-state index in [1.165, 1.54) is 11.9 Å². The van der Waals surface area contributed by atoms with Gasteiger partial charge in [0.2, 0.25) is 5.91 Å². The van der Waals surface area contributed by atoms with Gasteiger partial charge in [-0.1, -0.05) is 30.3 Å². The molecule has 0 spiro atoms. The van der Waals surface area contributed by atoms with Gasteiger partial charge in [0.15, 0.2) is 0 Å². The van der Waals surface area contributed by atoms with Crippen molar-refractivity contribution in [3.63, 3.8) is 0 Å². The van der Waals surface area contributed by atoms with E-state index in [-0.39, 0.29) is 5.91 Å². The van der Waals surface area contributed by atoms with E-state index in [2.05, 4.69) is 50.3 Å². The van der Waals surface area contributed by atoms with Crippen molar-refractivity contribution < 1.29 is 4.79 Å². The van der Waals surface area contributed by atoms with Crippen LogP contribution in [0.3, 0.4) is 0 Å². The number of amides is 1. The van der Waals surface area contributed by atoms with Crippen LogP contribution in [0.2, 0.25) is 0 Å². The van der Waals surface area contributed by atoms with Gasteiger partial charge in [-0.15, -0.1) is 0 Å². The van der Waals surface area contributed by atoms with Crippen LogP contribution < -0.4 is 0 Å². The zero-order valence-corrected chi connectivity index (χ0v) is 17.2. The lowest BCUT2D eigenvalue weighted by Crippen LogP contribution is -2.49. The van der Waals surface area contributed by atoms with Crippen molar-refractivity contribution in [1.82, 2.24) is 29.4 Å². The van der Waals surface area contributed by atoms with Crippen molar-refractivity contribution in [3.8, 4) is 0 Å². The van der Waals surface area contributed by atoms with Crippen LogP contribution in [0, 0.1) is 13.8 Å². The van der Waals surface area contributed by atoms with Crippen LogP contribution in [0.15, 0.2) is 36.7 Å². The van der Waals surface area contributed by atoms with E-state index >= 15 is 0 Å². The Morgan fingerprint density at radius 3 is 2.55 bits per heavy atom. The van der Waals surface area contributed by atoms with Gasteiger partial charge in [0.1, 0.15) is 6.33 Å². The van der Waals surface area contributed by atoms with Crippen molar-refractivity contribution in [2.45, 2.75) is 33.1 Å². The molecule has 1 saturated heterocycles. The molecule has 3 heterocycles.